The van der Waals surface area contributed by atoms with Gasteiger partial charge in [0.25, 0.3) is 0 Å². The van der Waals surface area contributed by atoms with Crippen LogP contribution >= 0.6 is 0 Å². The molecule has 26 heavy (non-hydrogen) atoms. The van der Waals surface area contributed by atoms with Crippen LogP contribution in [0.5, 0.6) is 0 Å². The number of carbonyl (C=O) groups excluding carboxylic acids is 2. The number of rotatable bonds is 5. The lowest BCUT2D eigenvalue weighted by Gasteiger charge is -2.10. The predicted molar refractivity (Wildman–Crippen MR) is 97.9 cm³/mol. The van der Waals surface area contributed by atoms with Crippen LogP contribution in [0, 0.1) is 0 Å². The molecular formula is C22H19NO3. The van der Waals surface area contributed by atoms with Gasteiger partial charge >= 0.3 is 5.97 Å². The lowest BCUT2D eigenvalue weighted by atomic mass is 10.1. The fraction of sp³-hybridized carbons (Fsp3) is 0.182. The number of ketones is 1. The standard InChI is InChI=1S/C22H19NO3/c24-21(17-9-5-2-6-10-17)20-12-11-19-18(13-14-23(19)20)22(25)26-15-16-7-3-1-4-8-16/h1-12,18H,13-15H2. The molecule has 4 nitrogen and oxygen atoms in total. The van der Waals surface area contributed by atoms with Crippen molar-refractivity contribution in [3.63, 3.8) is 0 Å². The molecule has 0 radical (unpaired) electrons. The van der Waals surface area contributed by atoms with Gasteiger partial charge in [-0.25, -0.2) is 0 Å². The zero-order valence-electron chi connectivity index (χ0n) is 14.3. The van der Waals surface area contributed by atoms with Crippen LogP contribution in [0.2, 0.25) is 0 Å². The van der Waals surface area contributed by atoms with Gasteiger partial charge < -0.3 is 9.30 Å². The number of carbonyl (C=O) groups is 2. The molecule has 2 aromatic carbocycles. The van der Waals surface area contributed by atoms with Gasteiger partial charge in [-0.05, 0) is 24.1 Å². The Morgan fingerprint density at radius 2 is 1.62 bits per heavy atom. The minimum Gasteiger partial charge on any atom is -0.460 e. The van der Waals surface area contributed by atoms with Gasteiger partial charge in [0.05, 0.1) is 11.6 Å². The maximum atomic E-state index is 12.7. The number of ether oxygens (including phenoxy) is 1. The topological polar surface area (TPSA) is 48.3 Å². The van der Waals surface area contributed by atoms with E-state index >= 15 is 0 Å². The van der Waals surface area contributed by atoms with Gasteiger partial charge in [0.15, 0.2) is 0 Å². The SMILES string of the molecule is O=C(c1ccccc1)c1ccc2n1CCC2C(=O)OCc1ccccc1. The monoisotopic (exact) mass is 345 g/mol. The molecule has 1 aliphatic rings. The molecule has 0 aliphatic carbocycles. The van der Waals surface area contributed by atoms with Crippen LogP contribution in [0.4, 0.5) is 0 Å². The summed E-state index contributed by atoms with van der Waals surface area (Å²) >= 11 is 0. The molecular weight excluding hydrogens is 326 g/mol. The summed E-state index contributed by atoms with van der Waals surface area (Å²) < 4.78 is 7.43. The van der Waals surface area contributed by atoms with E-state index in [4.69, 9.17) is 4.74 Å². The molecule has 1 aliphatic heterocycles. The molecule has 1 aromatic heterocycles. The summed E-state index contributed by atoms with van der Waals surface area (Å²) in [5, 5.41) is 0. The van der Waals surface area contributed by atoms with E-state index in [0.29, 0.717) is 24.2 Å². The summed E-state index contributed by atoms with van der Waals surface area (Å²) in [4.78, 5) is 25.2. The number of fused-ring (bicyclic) bond motifs is 1. The summed E-state index contributed by atoms with van der Waals surface area (Å²) in [5.74, 6) is -0.560. The number of benzene rings is 2. The maximum absolute atomic E-state index is 12.7. The van der Waals surface area contributed by atoms with Crippen molar-refractivity contribution in [2.45, 2.75) is 25.5 Å². The first-order chi connectivity index (χ1) is 12.7. The lowest BCUT2D eigenvalue weighted by molar-refractivity contribution is -0.146. The Kier molecular flexibility index (Phi) is 4.40. The van der Waals surface area contributed by atoms with Crippen LogP contribution in [-0.4, -0.2) is 16.3 Å². The number of aromatic nitrogens is 1. The molecule has 4 heteroatoms. The van der Waals surface area contributed by atoms with Gasteiger partial charge in [0.1, 0.15) is 6.61 Å². The van der Waals surface area contributed by atoms with E-state index in [1.807, 2.05) is 71.3 Å². The first-order valence-electron chi connectivity index (χ1n) is 8.74. The normalized spacial score (nSPS) is 15.5. The highest BCUT2D eigenvalue weighted by Gasteiger charge is 2.33. The summed E-state index contributed by atoms with van der Waals surface area (Å²) in [6.07, 6.45) is 0.666. The third-order valence-corrected chi connectivity index (χ3v) is 4.79. The van der Waals surface area contributed by atoms with Crippen molar-refractivity contribution in [2.75, 3.05) is 0 Å². The number of esters is 1. The van der Waals surface area contributed by atoms with Crippen LogP contribution in [-0.2, 0) is 22.7 Å². The smallest absolute Gasteiger partial charge is 0.315 e. The molecule has 4 rings (SSSR count). The van der Waals surface area contributed by atoms with Gasteiger partial charge in [-0.3, -0.25) is 9.59 Å². The Balaban J connectivity index is 1.49. The Bertz CT molecular complexity index is 929. The van der Waals surface area contributed by atoms with E-state index in [2.05, 4.69) is 0 Å². The summed E-state index contributed by atoms with van der Waals surface area (Å²) in [6, 6.07) is 22.5. The van der Waals surface area contributed by atoms with Crippen molar-refractivity contribution in [2.24, 2.45) is 0 Å². The predicted octanol–water partition coefficient (Wildman–Crippen LogP) is 3.95. The van der Waals surface area contributed by atoms with E-state index in [0.717, 1.165) is 11.3 Å². The molecule has 0 saturated carbocycles. The molecule has 130 valence electrons. The summed E-state index contributed by atoms with van der Waals surface area (Å²) in [7, 11) is 0. The largest absolute Gasteiger partial charge is 0.460 e. The Hall–Kier alpha value is -3.14. The van der Waals surface area contributed by atoms with Gasteiger partial charge in [0.2, 0.25) is 5.78 Å². The third kappa shape index (κ3) is 3.06. The molecule has 0 saturated heterocycles. The Labute approximate surface area is 152 Å². The van der Waals surface area contributed by atoms with Crippen LogP contribution in [0.1, 0.15) is 39.6 Å². The van der Waals surface area contributed by atoms with Gasteiger partial charge in [-0.15, -0.1) is 0 Å². The van der Waals surface area contributed by atoms with Crippen LogP contribution < -0.4 is 0 Å². The highest BCUT2D eigenvalue weighted by Crippen LogP contribution is 2.32. The molecule has 0 fully saturated rings. The Morgan fingerprint density at radius 3 is 2.35 bits per heavy atom. The maximum Gasteiger partial charge on any atom is 0.315 e. The number of hydrogen-bond donors (Lipinski definition) is 0. The minimum atomic E-state index is -0.309. The summed E-state index contributed by atoms with van der Waals surface area (Å²) in [5.41, 5.74) is 3.12. The number of hydrogen-bond acceptors (Lipinski definition) is 3. The second-order valence-electron chi connectivity index (χ2n) is 6.42. The zero-order chi connectivity index (χ0) is 17.9. The second-order valence-corrected chi connectivity index (χ2v) is 6.42. The highest BCUT2D eigenvalue weighted by atomic mass is 16.5. The fourth-order valence-electron chi connectivity index (χ4n) is 3.45. The average molecular weight is 345 g/mol. The fourth-order valence-corrected chi connectivity index (χ4v) is 3.45. The van der Waals surface area contributed by atoms with Crippen LogP contribution in [0.15, 0.2) is 72.8 Å². The van der Waals surface area contributed by atoms with Crippen LogP contribution in [0.3, 0.4) is 0 Å². The second kappa shape index (κ2) is 7.00. The zero-order valence-corrected chi connectivity index (χ0v) is 14.3. The quantitative estimate of drug-likeness (QED) is 0.520. The van der Waals surface area contributed by atoms with Crippen molar-refractivity contribution >= 4 is 11.8 Å². The van der Waals surface area contributed by atoms with Crippen molar-refractivity contribution in [3.05, 3.63) is 95.3 Å². The van der Waals surface area contributed by atoms with E-state index in [1.165, 1.54) is 0 Å². The molecule has 1 atom stereocenters. The van der Waals surface area contributed by atoms with Crippen molar-refractivity contribution in [1.29, 1.82) is 0 Å². The molecule has 0 amide bonds. The van der Waals surface area contributed by atoms with Crippen LogP contribution in [0.25, 0.3) is 0 Å². The van der Waals surface area contributed by atoms with Crippen molar-refractivity contribution in [3.8, 4) is 0 Å². The van der Waals surface area contributed by atoms with Crippen molar-refractivity contribution < 1.29 is 14.3 Å². The molecule has 1 unspecified atom stereocenters. The van der Waals surface area contributed by atoms with Gasteiger partial charge in [-0.2, -0.15) is 0 Å². The molecule has 3 aromatic rings. The number of nitrogens with zero attached hydrogens (tertiary/aromatic N) is 1. The van der Waals surface area contributed by atoms with Crippen molar-refractivity contribution in [1.82, 2.24) is 4.57 Å². The molecule has 0 spiro atoms. The van der Waals surface area contributed by atoms with E-state index < -0.39 is 0 Å². The Morgan fingerprint density at radius 1 is 0.923 bits per heavy atom. The first kappa shape index (κ1) is 16.3. The van der Waals surface area contributed by atoms with Gasteiger partial charge in [0, 0.05) is 17.8 Å². The molecule has 0 bridgehead atoms. The minimum absolute atomic E-state index is 0.0184. The highest BCUT2D eigenvalue weighted by molar-refractivity contribution is 6.08. The molecule has 0 N–H and O–H groups in total. The first-order valence-corrected chi connectivity index (χ1v) is 8.74. The summed E-state index contributed by atoms with van der Waals surface area (Å²) in [6.45, 7) is 0.925. The van der Waals surface area contributed by atoms with E-state index in [-0.39, 0.29) is 24.3 Å². The lowest BCUT2D eigenvalue weighted by Crippen LogP contribution is -2.14. The van der Waals surface area contributed by atoms with E-state index in [9.17, 15) is 9.59 Å². The third-order valence-electron chi connectivity index (χ3n) is 4.79. The van der Waals surface area contributed by atoms with E-state index in [1.54, 1.807) is 6.07 Å². The van der Waals surface area contributed by atoms with Gasteiger partial charge in [-0.1, -0.05) is 60.7 Å². The average Bonchev–Trinajstić information content (AvgIpc) is 3.29. The molecule has 2 heterocycles.